The van der Waals surface area contributed by atoms with Gasteiger partial charge in [-0.25, -0.2) is 4.98 Å². The number of hydrogen-bond donors (Lipinski definition) is 2. The summed E-state index contributed by atoms with van der Waals surface area (Å²) in [6, 6.07) is 10.2. The third-order valence-electron chi connectivity index (χ3n) is 1.96. The van der Waals surface area contributed by atoms with Crippen molar-refractivity contribution in [1.82, 2.24) is 4.98 Å². The average Bonchev–Trinajstić information content (AvgIpc) is 2.27. The number of hydrogen-bond acceptors (Lipinski definition) is 5. The third-order valence-corrected chi connectivity index (χ3v) is 2.21. The van der Waals surface area contributed by atoms with Crippen molar-refractivity contribution >= 4 is 34.6 Å². The van der Waals surface area contributed by atoms with Crippen LogP contribution in [0.15, 0.2) is 46.6 Å². The van der Waals surface area contributed by atoms with Crippen molar-refractivity contribution in [2.75, 3.05) is 11.5 Å². The van der Waals surface area contributed by atoms with Crippen LogP contribution in [0.5, 0.6) is 0 Å². The normalized spacial score (nSPS) is 10.9. The quantitative estimate of drug-likeness (QED) is 0.798. The molecule has 86 valence electrons. The van der Waals surface area contributed by atoms with Crippen LogP contribution in [0.1, 0.15) is 0 Å². The molecule has 0 spiro atoms. The molecule has 2 aromatic rings. The summed E-state index contributed by atoms with van der Waals surface area (Å²) in [5.41, 5.74) is 12.3. The van der Waals surface area contributed by atoms with Crippen LogP contribution in [0.2, 0.25) is 5.02 Å². The van der Waals surface area contributed by atoms with Gasteiger partial charge in [-0.3, -0.25) is 0 Å². The Balaban J connectivity index is 2.22. The molecule has 0 aliphatic carbocycles. The van der Waals surface area contributed by atoms with Gasteiger partial charge in [0.2, 0.25) is 0 Å². The number of nitrogens with two attached hydrogens (primary N) is 2. The van der Waals surface area contributed by atoms with Gasteiger partial charge in [0.15, 0.2) is 0 Å². The van der Waals surface area contributed by atoms with E-state index in [-0.39, 0.29) is 0 Å². The van der Waals surface area contributed by atoms with Crippen LogP contribution in [-0.2, 0) is 0 Å². The Morgan fingerprint density at radius 1 is 0.882 bits per heavy atom. The lowest BCUT2D eigenvalue weighted by atomic mass is 10.3. The number of anilines is 2. The molecule has 5 nitrogen and oxygen atoms in total. The summed E-state index contributed by atoms with van der Waals surface area (Å²) < 4.78 is 0. The van der Waals surface area contributed by atoms with E-state index in [9.17, 15) is 0 Å². The Bertz CT molecular complexity index is 530. The monoisotopic (exact) mass is 247 g/mol. The van der Waals surface area contributed by atoms with Gasteiger partial charge in [-0.1, -0.05) is 11.6 Å². The molecular formula is C11H10ClN5. The molecule has 0 saturated carbocycles. The van der Waals surface area contributed by atoms with Crippen molar-refractivity contribution in [2.24, 2.45) is 10.2 Å². The molecule has 0 unspecified atom stereocenters. The lowest BCUT2D eigenvalue weighted by molar-refractivity contribution is 1.21. The first kappa shape index (κ1) is 11.3. The second-order valence-electron chi connectivity index (χ2n) is 3.35. The number of halogens is 1. The fourth-order valence-electron chi connectivity index (χ4n) is 1.24. The molecule has 2 rings (SSSR count). The number of nitrogen functional groups attached to an aromatic ring is 2. The molecular weight excluding hydrogens is 238 g/mol. The topological polar surface area (TPSA) is 89.6 Å². The smallest absolute Gasteiger partial charge is 0.127 e. The third kappa shape index (κ3) is 3.15. The number of nitrogens with zero attached hydrogens (tertiary/aromatic N) is 3. The van der Waals surface area contributed by atoms with E-state index in [0.717, 1.165) is 0 Å². The maximum absolute atomic E-state index is 5.76. The highest BCUT2D eigenvalue weighted by Crippen LogP contribution is 2.22. The van der Waals surface area contributed by atoms with Gasteiger partial charge in [-0.05, 0) is 24.3 Å². The molecule has 0 aliphatic rings. The van der Waals surface area contributed by atoms with Crippen molar-refractivity contribution in [3.63, 3.8) is 0 Å². The summed E-state index contributed by atoms with van der Waals surface area (Å²) in [4.78, 5) is 3.84. The van der Waals surface area contributed by atoms with Gasteiger partial charge in [0, 0.05) is 17.2 Å². The number of azo groups is 1. The second kappa shape index (κ2) is 4.80. The predicted octanol–water partition coefficient (Wildman–Crippen LogP) is 3.31. The maximum atomic E-state index is 5.76. The standard InChI is InChI=1S/C11H10ClN5/c12-7-1-3-8(4-2-7)16-17-9-5-10(13)15-11(14)6-9/h1-6H,(H4,13,14,15). The van der Waals surface area contributed by atoms with Crippen molar-refractivity contribution in [1.29, 1.82) is 0 Å². The predicted molar refractivity (Wildman–Crippen MR) is 68.7 cm³/mol. The van der Waals surface area contributed by atoms with E-state index >= 15 is 0 Å². The van der Waals surface area contributed by atoms with Gasteiger partial charge >= 0.3 is 0 Å². The zero-order chi connectivity index (χ0) is 12.3. The Morgan fingerprint density at radius 2 is 1.41 bits per heavy atom. The maximum Gasteiger partial charge on any atom is 0.127 e. The summed E-state index contributed by atoms with van der Waals surface area (Å²) in [5, 5.41) is 8.69. The first-order valence-electron chi connectivity index (χ1n) is 4.84. The molecule has 1 aromatic heterocycles. The number of pyridine rings is 1. The number of aromatic nitrogens is 1. The van der Waals surface area contributed by atoms with Crippen LogP contribution in [0.25, 0.3) is 0 Å². The van der Waals surface area contributed by atoms with E-state index in [1.54, 1.807) is 36.4 Å². The molecule has 0 atom stereocenters. The molecule has 4 N–H and O–H groups in total. The zero-order valence-electron chi connectivity index (χ0n) is 8.84. The Hall–Kier alpha value is -2.14. The van der Waals surface area contributed by atoms with E-state index in [1.165, 1.54) is 0 Å². The molecule has 6 heteroatoms. The summed E-state index contributed by atoms with van der Waals surface area (Å²) in [5.74, 6) is 0.630. The minimum Gasteiger partial charge on any atom is -0.384 e. The van der Waals surface area contributed by atoms with Crippen LogP contribution in [0, 0.1) is 0 Å². The molecule has 0 amide bonds. The number of benzene rings is 1. The van der Waals surface area contributed by atoms with Gasteiger partial charge in [-0.15, -0.1) is 0 Å². The largest absolute Gasteiger partial charge is 0.384 e. The van der Waals surface area contributed by atoms with Crippen LogP contribution >= 0.6 is 11.6 Å². The minimum absolute atomic E-state index is 0.315. The van der Waals surface area contributed by atoms with E-state index in [0.29, 0.717) is 28.0 Å². The molecule has 0 bridgehead atoms. The van der Waals surface area contributed by atoms with Crippen LogP contribution in [-0.4, -0.2) is 4.98 Å². The van der Waals surface area contributed by atoms with Gasteiger partial charge in [-0.2, -0.15) is 10.2 Å². The number of rotatable bonds is 2. The molecule has 0 radical (unpaired) electrons. The van der Waals surface area contributed by atoms with Crippen molar-refractivity contribution in [3.8, 4) is 0 Å². The summed E-state index contributed by atoms with van der Waals surface area (Å²) >= 11 is 5.76. The van der Waals surface area contributed by atoms with Crippen molar-refractivity contribution < 1.29 is 0 Å². The highest BCUT2D eigenvalue weighted by molar-refractivity contribution is 6.30. The fourth-order valence-corrected chi connectivity index (χ4v) is 1.37. The molecule has 0 aliphatic heterocycles. The van der Waals surface area contributed by atoms with Gasteiger partial charge in [0.25, 0.3) is 0 Å². The first-order valence-corrected chi connectivity index (χ1v) is 5.21. The Kier molecular flexibility index (Phi) is 3.20. The summed E-state index contributed by atoms with van der Waals surface area (Å²) in [6.45, 7) is 0. The van der Waals surface area contributed by atoms with E-state index in [1.807, 2.05) is 0 Å². The van der Waals surface area contributed by atoms with Crippen LogP contribution < -0.4 is 11.5 Å². The van der Waals surface area contributed by atoms with Gasteiger partial charge in [0.1, 0.15) is 11.6 Å². The zero-order valence-corrected chi connectivity index (χ0v) is 9.59. The molecule has 1 heterocycles. The van der Waals surface area contributed by atoms with Crippen LogP contribution in [0.4, 0.5) is 23.0 Å². The lowest BCUT2D eigenvalue weighted by Gasteiger charge is -1.97. The van der Waals surface area contributed by atoms with E-state index in [2.05, 4.69) is 15.2 Å². The second-order valence-corrected chi connectivity index (χ2v) is 3.79. The first-order chi connectivity index (χ1) is 8.13. The molecule has 1 aromatic carbocycles. The highest BCUT2D eigenvalue weighted by Gasteiger charge is 1.96. The molecule has 0 fully saturated rings. The van der Waals surface area contributed by atoms with Crippen LogP contribution in [0.3, 0.4) is 0 Å². The van der Waals surface area contributed by atoms with Gasteiger partial charge in [0.05, 0.1) is 11.4 Å². The molecule has 0 saturated heterocycles. The Labute approximate surface area is 103 Å². The summed E-state index contributed by atoms with van der Waals surface area (Å²) in [6.07, 6.45) is 0. The lowest BCUT2D eigenvalue weighted by Crippen LogP contribution is -1.94. The van der Waals surface area contributed by atoms with Crippen molar-refractivity contribution in [3.05, 3.63) is 41.4 Å². The van der Waals surface area contributed by atoms with Crippen molar-refractivity contribution in [2.45, 2.75) is 0 Å². The molecule has 17 heavy (non-hydrogen) atoms. The fraction of sp³-hybridized carbons (Fsp3) is 0. The Morgan fingerprint density at radius 3 is 2.00 bits per heavy atom. The average molecular weight is 248 g/mol. The SMILES string of the molecule is Nc1cc(N=Nc2ccc(Cl)cc2)cc(N)n1. The highest BCUT2D eigenvalue weighted by atomic mass is 35.5. The minimum atomic E-state index is 0.315. The summed E-state index contributed by atoms with van der Waals surface area (Å²) in [7, 11) is 0. The van der Waals surface area contributed by atoms with E-state index in [4.69, 9.17) is 23.1 Å². The van der Waals surface area contributed by atoms with Gasteiger partial charge < -0.3 is 11.5 Å². The van der Waals surface area contributed by atoms with E-state index < -0.39 is 0 Å².